The summed E-state index contributed by atoms with van der Waals surface area (Å²) in [5.74, 6) is 0. The fourth-order valence-corrected chi connectivity index (χ4v) is 0.858. The number of aliphatic hydroxyl groups is 1. The molecule has 1 heterocycles. The number of nitrogen functional groups attached to an aromatic ring is 1. The molecular formula is C9H12N2O. The summed E-state index contributed by atoms with van der Waals surface area (Å²) in [4.78, 5) is 4.19. The van der Waals surface area contributed by atoms with E-state index in [0.29, 0.717) is 5.69 Å². The van der Waals surface area contributed by atoms with Gasteiger partial charge in [-0.1, -0.05) is 6.08 Å². The Hall–Kier alpha value is -1.35. The first-order chi connectivity index (χ1) is 5.74. The van der Waals surface area contributed by atoms with Crippen molar-refractivity contribution in [1.82, 2.24) is 4.98 Å². The Labute approximate surface area is 71.6 Å². The van der Waals surface area contributed by atoms with Crippen LogP contribution in [0, 0.1) is 6.92 Å². The molecule has 1 aromatic rings. The number of hydrogen-bond donors (Lipinski definition) is 2. The molecule has 0 spiro atoms. The second-order valence-corrected chi connectivity index (χ2v) is 2.50. The number of pyridine rings is 1. The molecule has 0 aliphatic carbocycles. The molecule has 1 rings (SSSR count). The number of anilines is 1. The predicted molar refractivity (Wildman–Crippen MR) is 49.5 cm³/mol. The molecule has 3 nitrogen and oxygen atoms in total. The van der Waals surface area contributed by atoms with Gasteiger partial charge in [-0.2, -0.15) is 0 Å². The van der Waals surface area contributed by atoms with Crippen LogP contribution < -0.4 is 5.73 Å². The monoisotopic (exact) mass is 164 g/mol. The summed E-state index contributed by atoms with van der Waals surface area (Å²) in [5, 5.41) is 8.51. The van der Waals surface area contributed by atoms with Gasteiger partial charge in [0, 0.05) is 0 Å². The number of rotatable bonds is 2. The highest BCUT2D eigenvalue weighted by Gasteiger charge is 1.93. The minimum absolute atomic E-state index is 0.0328. The van der Waals surface area contributed by atoms with Gasteiger partial charge >= 0.3 is 0 Å². The molecule has 0 aromatic carbocycles. The summed E-state index contributed by atoms with van der Waals surface area (Å²) < 4.78 is 0. The van der Waals surface area contributed by atoms with Crippen LogP contribution in [0.15, 0.2) is 18.2 Å². The zero-order valence-electron chi connectivity index (χ0n) is 6.99. The van der Waals surface area contributed by atoms with E-state index in [1.54, 1.807) is 18.2 Å². The SMILES string of the molecule is Cc1nc(C=CCO)ccc1N. The zero-order chi connectivity index (χ0) is 8.97. The van der Waals surface area contributed by atoms with Crippen molar-refractivity contribution in [1.29, 1.82) is 0 Å². The number of nitrogens with two attached hydrogens (primary N) is 1. The minimum atomic E-state index is 0.0328. The quantitative estimate of drug-likeness (QED) is 0.685. The number of nitrogens with zero attached hydrogens (tertiary/aromatic N) is 1. The molecule has 0 radical (unpaired) electrons. The van der Waals surface area contributed by atoms with Gasteiger partial charge < -0.3 is 10.8 Å². The first-order valence-corrected chi connectivity index (χ1v) is 3.74. The molecule has 64 valence electrons. The molecule has 0 atom stereocenters. The summed E-state index contributed by atoms with van der Waals surface area (Å²) in [6.07, 6.45) is 3.39. The van der Waals surface area contributed by atoms with E-state index in [1.807, 2.05) is 13.0 Å². The maximum Gasteiger partial charge on any atom is 0.0632 e. The highest BCUT2D eigenvalue weighted by Crippen LogP contribution is 2.08. The van der Waals surface area contributed by atoms with Crippen molar-refractivity contribution in [2.75, 3.05) is 12.3 Å². The largest absolute Gasteiger partial charge is 0.397 e. The third-order valence-electron chi connectivity index (χ3n) is 1.54. The Morgan fingerprint density at radius 2 is 2.33 bits per heavy atom. The minimum Gasteiger partial charge on any atom is -0.397 e. The molecule has 0 amide bonds. The van der Waals surface area contributed by atoms with Crippen LogP contribution in [0.2, 0.25) is 0 Å². The number of hydrogen-bond acceptors (Lipinski definition) is 3. The zero-order valence-corrected chi connectivity index (χ0v) is 6.99. The van der Waals surface area contributed by atoms with Crippen LogP contribution in [0.25, 0.3) is 6.08 Å². The molecule has 0 aliphatic rings. The van der Waals surface area contributed by atoms with E-state index in [2.05, 4.69) is 4.98 Å². The van der Waals surface area contributed by atoms with Gasteiger partial charge in [0.1, 0.15) is 0 Å². The molecule has 0 saturated carbocycles. The molecular weight excluding hydrogens is 152 g/mol. The van der Waals surface area contributed by atoms with E-state index in [0.717, 1.165) is 11.4 Å². The molecule has 1 aromatic heterocycles. The number of aliphatic hydroxyl groups excluding tert-OH is 1. The second kappa shape index (κ2) is 3.88. The maximum atomic E-state index is 8.51. The molecule has 3 N–H and O–H groups in total. The van der Waals surface area contributed by atoms with Gasteiger partial charge in [0.15, 0.2) is 0 Å². The lowest BCUT2D eigenvalue weighted by atomic mass is 10.2. The van der Waals surface area contributed by atoms with E-state index in [9.17, 15) is 0 Å². The van der Waals surface area contributed by atoms with Crippen molar-refractivity contribution in [3.05, 3.63) is 29.6 Å². The van der Waals surface area contributed by atoms with Gasteiger partial charge in [0.25, 0.3) is 0 Å². The van der Waals surface area contributed by atoms with Gasteiger partial charge in [0.05, 0.1) is 23.7 Å². The second-order valence-electron chi connectivity index (χ2n) is 2.50. The van der Waals surface area contributed by atoms with Crippen molar-refractivity contribution in [3.8, 4) is 0 Å². The van der Waals surface area contributed by atoms with Crippen molar-refractivity contribution < 1.29 is 5.11 Å². The van der Waals surface area contributed by atoms with Gasteiger partial charge in [-0.25, -0.2) is 0 Å². The van der Waals surface area contributed by atoms with Crippen molar-refractivity contribution in [2.45, 2.75) is 6.92 Å². The summed E-state index contributed by atoms with van der Waals surface area (Å²) >= 11 is 0. The fourth-order valence-electron chi connectivity index (χ4n) is 0.858. The Bertz CT molecular complexity index is 295. The third-order valence-corrected chi connectivity index (χ3v) is 1.54. The van der Waals surface area contributed by atoms with Crippen LogP contribution in [0.1, 0.15) is 11.4 Å². The van der Waals surface area contributed by atoms with E-state index in [1.165, 1.54) is 0 Å². The topological polar surface area (TPSA) is 59.1 Å². The van der Waals surface area contributed by atoms with Crippen molar-refractivity contribution in [3.63, 3.8) is 0 Å². The lowest BCUT2D eigenvalue weighted by molar-refractivity contribution is 0.343. The Balaban J connectivity index is 2.89. The maximum absolute atomic E-state index is 8.51. The summed E-state index contributed by atoms with van der Waals surface area (Å²) in [6, 6.07) is 3.62. The first kappa shape index (κ1) is 8.74. The first-order valence-electron chi connectivity index (χ1n) is 3.74. The van der Waals surface area contributed by atoms with E-state index >= 15 is 0 Å². The molecule has 12 heavy (non-hydrogen) atoms. The van der Waals surface area contributed by atoms with E-state index in [-0.39, 0.29) is 6.61 Å². The third kappa shape index (κ3) is 2.07. The van der Waals surface area contributed by atoms with Crippen LogP contribution in [0.5, 0.6) is 0 Å². The van der Waals surface area contributed by atoms with Crippen LogP contribution in [0.4, 0.5) is 5.69 Å². The highest BCUT2D eigenvalue weighted by atomic mass is 16.2. The van der Waals surface area contributed by atoms with Crippen molar-refractivity contribution >= 4 is 11.8 Å². The van der Waals surface area contributed by atoms with E-state index in [4.69, 9.17) is 10.8 Å². The Kier molecular flexibility index (Phi) is 2.82. The number of aromatic nitrogens is 1. The standard InChI is InChI=1S/C9H12N2O/c1-7-9(10)5-4-8(11-7)3-2-6-12/h2-5,12H,6,10H2,1H3. The molecule has 0 unspecified atom stereocenters. The summed E-state index contributed by atoms with van der Waals surface area (Å²) in [7, 11) is 0. The summed E-state index contributed by atoms with van der Waals surface area (Å²) in [5.41, 5.74) is 7.90. The van der Waals surface area contributed by atoms with Gasteiger partial charge in [-0.15, -0.1) is 0 Å². The lowest BCUT2D eigenvalue weighted by Gasteiger charge is -1.99. The predicted octanol–water partition coefficient (Wildman–Crippen LogP) is 0.978. The Morgan fingerprint density at radius 3 is 2.92 bits per heavy atom. The van der Waals surface area contributed by atoms with Gasteiger partial charge in [-0.05, 0) is 25.1 Å². The smallest absolute Gasteiger partial charge is 0.0632 e. The fraction of sp³-hybridized carbons (Fsp3) is 0.222. The van der Waals surface area contributed by atoms with Gasteiger partial charge in [-0.3, -0.25) is 4.98 Å². The highest BCUT2D eigenvalue weighted by molar-refractivity contribution is 5.51. The van der Waals surface area contributed by atoms with Crippen LogP contribution in [-0.2, 0) is 0 Å². The average Bonchev–Trinajstić information content (AvgIpc) is 2.07. The lowest BCUT2D eigenvalue weighted by Crippen LogP contribution is -1.93. The molecule has 3 heteroatoms. The molecule has 0 saturated heterocycles. The van der Waals surface area contributed by atoms with Crippen LogP contribution in [-0.4, -0.2) is 16.7 Å². The normalized spacial score (nSPS) is 10.8. The van der Waals surface area contributed by atoms with Crippen LogP contribution >= 0.6 is 0 Å². The van der Waals surface area contributed by atoms with Gasteiger partial charge in [0.2, 0.25) is 0 Å². The molecule has 0 fully saturated rings. The Morgan fingerprint density at radius 1 is 1.58 bits per heavy atom. The van der Waals surface area contributed by atoms with E-state index < -0.39 is 0 Å². The molecule has 0 bridgehead atoms. The average molecular weight is 164 g/mol. The van der Waals surface area contributed by atoms with Crippen molar-refractivity contribution in [2.24, 2.45) is 0 Å². The molecule has 0 aliphatic heterocycles. The number of aryl methyl sites for hydroxylation is 1. The van der Waals surface area contributed by atoms with Crippen LogP contribution in [0.3, 0.4) is 0 Å². The summed E-state index contributed by atoms with van der Waals surface area (Å²) in [6.45, 7) is 1.89.